The Hall–Kier alpha value is -1.06. The van der Waals surface area contributed by atoms with Gasteiger partial charge >= 0.3 is 0 Å². The molecule has 0 aromatic rings. The molecule has 0 aliphatic carbocycles. The Balaban J connectivity index is 4.36. The van der Waals surface area contributed by atoms with Crippen molar-refractivity contribution in [2.24, 2.45) is 11.8 Å². The van der Waals surface area contributed by atoms with Crippen LogP contribution in [0, 0.1) is 11.8 Å². The van der Waals surface area contributed by atoms with Gasteiger partial charge in [-0.25, -0.2) is 0 Å². The molecule has 0 fully saturated rings. The predicted octanol–water partition coefficient (Wildman–Crippen LogP) is 4.78. The van der Waals surface area contributed by atoms with Crippen molar-refractivity contribution in [2.75, 3.05) is 0 Å². The Labute approximate surface area is 173 Å². The summed E-state index contributed by atoms with van der Waals surface area (Å²) >= 11 is 0. The number of carbonyl (C=O) groups excluding carboxylic acids is 2. The van der Waals surface area contributed by atoms with E-state index in [1.807, 2.05) is 0 Å². The molecule has 2 unspecified atom stereocenters. The molecule has 0 radical (unpaired) electrons. The van der Waals surface area contributed by atoms with E-state index in [0.717, 1.165) is 38.5 Å². The Morgan fingerprint density at radius 3 is 1.11 bits per heavy atom. The molecular formula is C24H44O4-2. The predicted molar refractivity (Wildman–Crippen MR) is 111 cm³/mol. The molecule has 166 valence electrons. The molecule has 4 heteroatoms. The maximum atomic E-state index is 11.2. The summed E-state index contributed by atoms with van der Waals surface area (Å²) in [6, 6.07) is 0. The van der Waals surface area contributed by atoms with Crippen LogP contribution in [0.3, 0.4) is 0 Å². The number of carboxylic acids is 2. The number of unbranched alkanes of at least 4 members (excludes halogenated alkanes) is 12. The molecule has 0 N–H and O–H groups in total. The van der Waals surface area contributed by atoms with Crippen LogP contribution < -0.4 is 10.2 Å². The lowest BCUT2D eigenvalue weighted by atomic mass is 9.80. The first-order valence-electron chi connectivity index (χ1n) is 11.9. The molecule has 0 bridgehead atoms. The zero-order valence-corrected chi connectivity index (χ0v) is 18.5. The third-order valence-electron chi connectivity index (χ3n) is 5.88. The quantitative estimate of drug-likeness (QED) is 0.261. The van der Waals surface area contributed by atoms with Crippen LogP contribution in [0.25, 0.3) is 0 Å². The second-order valence-electron chi connectivity index (χ2n) is 8.49. The molecule has 4 nitrogen and oxygen atoms in total. The standard InChI is InChI=1S/C24H46O4/c1-3-5-7-9-11-13-15-17-21(19-23(25)26)22(20-24(27)28)18-16-14-12-10-8-6-4-2/h21-22H,3-20H2,1-2H3,(H,25,26)(H,27,28)/p-2. The minimum Gasteiger partial charge on any atom is -0.550 e. The number of hydrogen-bond acceptors (Lipinski definition) is 4. The van der Waals surface area contributed by atoms with E-state index in [4.69, 9.17) is 0 Å². The molecule has 28 heavy (non-hydrogen) atoms. The van der Waals surface area contributed by atoms with Gasteiger partial charge in [-0.15, -0.1) is 0 Å². The summed E-state index contributed by atoms with van der Waals surface area (Å²) in [7, 11) is 0. The fourth-order valence-electron chi connectivity index (χ4n) is 4.16. The van der Waals surface area contributed by atoms with Gasteiger partial charge in [-0.2, -0.15) is 0 Å². The van der Waals surface area contributed by atoms with Crippen molar-refractivity contribution in [2.45, 2.75) is 129 Å². The van der Waals surface area contributed by atoms with Gasteiger partial charge in [0.2, 0.25) is 0 Å². The third kappa shape index (κ3) is 17.1. The van der Waals surface area contributed by atoms with Gasteiger partial charge in [-0.05, 0) is 37.5 Å². The monoisotopic (exact) mass is 396 g/mol. The van der Waals surface area contributed by atoms with E-state index in [1.165, 1.54) is 64.2 Å². The van der Waals surface area contributed by atoms with E-state index in [9.17, 15) is 19.8 Å². The number of carbonyl (C=O) groups is 2. The Morgan fingerprint density at radius 1 is 0.536 bits per heavy atom. The van der Waals surface area contributed by atoms with Gasteiger partial charge < -0.3 is 19.8 Å². The fourth-order valence-corrected chi connectivity index (χ4v) is 4.16. The molecule has 2 atom stereocenters. The summed E-state index contributed by atoms with van der Waals surface area (Å²) in [6.07, 6.45) is 18.1. The second-order valence-corrected chi connectivity index (χ2v) is 8.49. The topological polar surface area (TPSA) is 80.3 Å². The van der Waals surface area contributed by atoms with Gasteiger partial charge in [0.25, 0.3) is 0 Å². The smallest absolute Gasteiger partial charge is 0.0417 e. The fraction of sp³-hybridized carbons (Fsp3) is 0.917. The third-order valence-corrected chi connectivity index (χ3v) is 5.88. The van der Waals surface area contributed by atoms with Gasteiger partial charge in [-0.3, -0.25) is 0 Å². The van der Waals surface area contributed by atoms with Crippen LogP contribution in [0.4, 0.5) is 0 Å². The summed E-state index contributed by atoms with van der Waals surface area (Å²) in [5, 5.41) is 22.4. The van der Waals surface area contributed by atoms with Gasteiger partial charge in [0, 0.05) is 11.9 Å². The molecule has 0 aliphatic heterocycles. The molecule has 0 saturated carbocycles. The summed E-state index contributed by atoms with van der Waals surface area (Å²) in [5.41, 5.74) is 0. The van der Waals surface area contributed by atoms with E-state index in [-0.39, 0.29) is 24.7 Å². The van der Waals surface area contributed by atoms with Crippen molar-refractivity contribution < 1.29 is 19.8 Å². The van der Waals surface area contributed by atoms with E-state index >= 15 is 0 Å². The van der Waals surface area contributed by atoms with E-state index in [2.05, 4.69) is 13.8 Å². The summed E-state index contributed by atoms with van der Waals surface area (Å²) < 4.78 is 0. The molecular weight excluding hydrogens is 352 g/mol. The molecule has 0 saturated heterocycles. The summed E-state index contributed by atoms with van der Waals surface area (Å²) in [6.45, 7) is 4.40. The van der Waals surface area contributed by atoms with E-state index in [1.54, 1.807) is 0 Å². The minimum absolute atomic E-state index is 0.0235. The van der Waals surface area contributed by atoms with Crippen LogP contribution in [0.1, 0.15) is 129 Å². The van der Waals surface area contributed by atoms with Crippen LogP contribution in [0.2, 0.25) is 0 Å². The average molecular weight is 397 g/mol. The first-order chi connectivity index (χ1) is 13.5. The van der Waals surface area contributed by atoms with Crippen LogP contribution >= 0.6 is 0 Å². The second kappa shape index (κ2) is 19.3. The number of hydrogen-bond donors (Lipinski definition) is 0. The van der Waals surface area contributed by atoms with Crippen molar-refractivity contribution in [3.63, 3.8) is 0 Å². The minimum atomic E-state index is -1.06. The summed E-state index contributed by atoms with van der Waals surface area (Å²) in [4.78, 5) is 22.4. The highest BCUT2D eigenvalue weighted by molar-refractivity contribution is 5.66. The Bertz CT molecular complexity index is 345. The zero-order valence-electron chi connectivity index (χ0n) is 18.5. The van der Waals surface area contributed by atoms with Crippen molar-refractivity contribution in [1.82, 2.24) is 0 Å². The van der Waals surface area contributed by atoms with Crippen molar-refractivity contribution in [1.29, 1.82) is 0 Å². The lowest BCUT2D eigenvalue weighted by Crippen LogP contribution is -2.32. The van der Waals surface area contributed by atoms with E-state index < -0.39 is 11.9 Å². The van der Waals surface area contributed by atoms with Crippen LogP contribution in [-0.4, -0.2) is 11.9 Å². The Kier molecular flexibility index (Phi) is 18.5. The summed E-state index contributed by atoms with van der Waals surface area (Å²) in [5.74, 6) is -2.32. The highest BCUT2D eigenvalue weighted by Crippen LogP contribution is 2.30. The van der Waals surface area contributed by atoms with Gasteiger partial charge in [0.1, 0.15) is 0 Å². The van der Waals surface area contributed by atoms with Gasteiger partial charge in [-0.1, -0.05) is 104 Å². The number of rotatable bonds is 21. The maximum Gasteiger partial charge on any atom is 0.0417 e. The van der Waals surface area contributed by atoms with Crippen molar-refractivity contribution in [3.8, 4) is 0 Å². The number of carboxylic acid groups (broad SMARTS) is 2. The molecule has 0 aromatic carbocycles. The molecule has 0 rings (SSSR count). The Morgan fingerprint density at radius 2 is 0.821 bits per heavy atom. The first-order valence-corrected chi connectivity index (χ1v) is 11.9. The largest absolute Gasteiger partial charge is 0.550 e. The van der Waals surface area contributed by atoms with Gasteiger partial charge in [0.05, 0.1) is 0 Å². The van der Waals surface area contributed by atoms with Crippen LogP contribution in [-0.2, 0) is 9.59 Å². The van der Waals surface area contributed by atoms with E-state index in [0.29, 0.717) is 0 Å². The SMILES string of the molecule is CCCCCCCCCC(CC(=O)[O-])C(CCCCCCCCC)CC(=O)[O-]. The molecule has 0 spiro atoms. The highest BCUT2D eigenvalue weighted by Gasteiger charge is 2.21. The molecule has 0 heterocycles. The molecule has 0 amide bonds. The maximum absolute atomic E-state index is 11.2. The average Bonchev–Trinajstić information content (AvgIpc) is 2.64. The molecule has 0 aliphatic rings. The lowest BCUT2D eigenvalue weighted by Gasteiger charge is -2.28. The highest BCUT2D eigenvalue weighted by atomic mass is 16.4. The first kappa shape index (κ1) is 26.9. The van der Waals surface area contributed by atoms with Crippen LogP contribution in [0.15, 0.2) is 0 Å². The normalized spacial score (nSPS) is 13.4. The van der Waals surface area contributed by atoms with Crippen molar-refractivity contribution in [3.05, 3.63) is 0 Å². The lowest BCUT2D eigenvalue weighted by molar-refractivity contribution is -0.311. The van der Waals surface area contributed by atoms with Gasteiger partial charge in [0.15, 0.2) is 0 Å². The number of aliphatic carboxylic acids is 2. The van der Waals surface area contributed by atoms with Crippen molar-refractivity contribution >= 4 is 11.9 Å². The zero-order chi connectivity index (χ0) is 21.0. The van der Waals surface area contributed by atoms with Crippen LogP contribution in [0.5, 0.6) is 0 Å². The molecule has 0 aromatic heterocycles.